The van der Waals surface area contributed by atoms with E-state index in [0.29, 0.717) is 10.8 Å². The Hall–Kier alpha value is -0.870. The van der Waals surface area contributed by atoms with E-state index >= 15 is 0 Å². The largest absolute Gasteiger partial charge is 0.316 e. The standard InChI is InChI=1S/C12H17NO2S/c1-9-3-4-11(16(2,14)15)7-12(9)10-5-6-13-8-10/h3-4,7,10,13H,5-6,8H2,1-2H3. The first-order chi connectivity index (χ1) is 7.48. The fourth-order valence-corrected chi connectivity index (χ4v) is 2.87. The first kappa shape index (κ1) is 11.6. The van der Waals surface area contributed by atoms with Crippen molar-refractivity contribution in [3.63, 3.8) is 0 Å². The highest BCUT2D eigenvalue weighted by Gasteiger charge is 2.20. The summed E-state index contributed by atoms with van der Waals surface area (Å²) in [4.78, 5) is 0.431. The third-order valence-corrected chi connectivity index (χ3v) is 4.29. The minimum Gasteiger partial charge on any atom is -0.316 e. The molecule has 2 rings (SSSR count). The van der Waals surface area contributed by atoms with E-state index in [9.17, 15) is 8.42 Å². The van der Waals surface area contributed by atoms with Gasteiger partial charge in [-0.1, -0.05) is 6.07 Å². The van der Waals surface area contributed by atoms with Gasteiger partial charge in [0.05, 0.1) is 4.90 Å². The van der Waals surface area contributed by atoms with Crippen molar-refractivity contribution in [3.8, 4) is 0 Å². The highest BCUT2D eigenvalue weighted by molar-refractivity contribution is 7.90. The minimum absolute atomic E-state index is 0.431. The van der Waals surface area contributed by atoms with Crippen LogP contribution in [-0.4, -0.2) is 27.8 Å². The SMILES string of the molecule is Cc1ccc(S(C)(=O)=O)cc1C1CCNC1. The van der Waals surface area contributed by atoms with Crippen molar-refractivity contribution in [1.29, 1.82) is 0 Å². The number of benzene rings is 1. The lowest BCUT2D eigenvalue weighted by atomic mass is 9.94. The molecule has 4 heteroatoms. The van der Waals surface area contributed by atoms with E-state index in [4.69, 9.17) is 0 Å². The fraction of sp³-hybridized carbons (Fsp3) is 0.500. The second-order valence-electron chi connectivity index (χ2n) is 4.48. The van der Waals surface area contributed by atoms with E-state index in [-0.39, 0.29) is 0 Å². The molecule has 1 unspecified atom stereocenters. The smallest absolute Gasteiger partial charge is 0.175 e. The van der Waals surface area contributed by atoms with Crippen LogP contribution in [-0.2, 0) is 9.84 Å². The summed E-state index contributed by atoms with van der Waals surface area (Å²) in [6.07, 6.45) is 2.35. The van der Waals surface area contributed by atoms with Crippen LogP contribution in [0.2, 0.25) is 0 Å². The molecule has 1 N–H and O–H groups in total. The monoisotopic (exact) mass is 239 g/mol. The number of rotatable bonds is 2. The summed E-state index contributed by atoms with van der Waals surface area (Å²) in [7, 11) is -3.09. The molecule has 0 spiro atoms. The summed E-state index contributed by atoms with van der Waals surface area (Å²) in [5.41, 5.74) is 2.36. The van der Waals surface area contributed by atoms with E-state index in [2.05, 4.69) is 5.32 Å². The van der Waals surface area contributed by atoms with Crippen molar-refractivity contribution in [3.05, 3.63) is 29.3 Å². The molecule has 1 atom stereocenters. The highest BCUT2D eigenvalue weighted by atomic mass is 32.2. The number of sulfone groups is 1. The molecule has 0 amide bonds. The Balaban J connectivity index is 2.44. The van der Waals surface area contributed by atoms with Gasteiger partial charge in [-0.3, -0.25) is 0 Å². The molecular weight excluding hydrogens is 222 g/mol. The van der Waals surface area contributed by atoms with Crippen LogP contribution in [0.4, 0.5) is 0 Å². The maximum Gasteiger partial charge on any atom is 0.175 e. The van der Waals surface area contributed by atoms with Gasteiger partial charge in [-0.15, -0.1) is 0 Å². The van der Waals surface area contributed by atoms with Crippen molar-refractivity contribution in [2.45, 2.75) is 24.2 Å². The molecule has 0 aliphatic carbocycles. The topological polar surface area (TPSA) is 46.2 Å². The molecule has 88 valence electrons. The molecule has 1 saturated heterocycles. The molecule has 3 nitrogen and oxygen atoms in total. The molecule has 1 aliphatic heterocycles. The summed E-state index contributed by atoms with van der Waals surface area (Å²) in [5.74, 6) is 0.460. The summed E-state index contributed by atoms with van der Waals surface area (Å²) < 4.78 is 23.0. The van der Waals surface area contributed by atoms with E-state index in [0.717, 1.165) is 19.5 Å². The van der Waals surface area contributed by atoms with Crippen LogP contribution in [0.25, 0.3) is 0 Å². The molecule has 16 heavy (non-hydrogen) atoms. The average molecular weight is 239 g/mol. The Morgan fingerprint density at radius 1 is 1.38 bits per heavy atom. The molecule has 0 bridgehead atoms. The predicted molar refractivity (Wildman–Crippen MR) is 64.5 cm³/mol. The van der Waals surface area contributed by atoms with Crippen LogP contribution in [0.1, 0.15) is 23.5 Å². The zero-order valence-corrected chi connectivity index (χ0v) is 10.5. The van der Waals surface area contributed by atoms with Gasteiger partial charge in [-0.05, 0) is 49.1 Å². The molecule has 0 aromatic heterocycles. The average Bonchev–Trinajstić information content (AvgIpc) is 2.69. The van der Waals surface area contributed by atoms with Crippen molar-refractivity contribution >= 4 is 9.84 Å². The van der Waals surface area contributed by atoms with Crippen LogP contribution in [0.15, 0.2) is 23.1 Å². The van der Waals surface area contributed by atoms with E-state index < -0.39 is 9.84 Å². The van der Waals surface area contributed by atoms with Crippen LogP contribution in [0.3, 0.4) is 0 Å². The molecule has 1 fully saturated rings. The summed E-state index contributed by atoms with van der Waals surface area (Å²) >= 11 is 0. The van der Waals surface area contributed by atoms with Crippen molar-refractivity contribution < 1.29 is 8.42 Å². The molecular formula is C12H17NO2S. The van der Waals surface area contributed by atoms with E-state index in [1.807, 2.05) is 19.1 Å². The molecule has 1 aliphatic rings. The summed E-state index contributed by atoms with van der Waals surface area (Å²) in [6.45, 7) is 4.01. The summed E-state index contributed by atoms with van der Waals surface area (Å²) in [5, 5.41) is 3.31. The molecule has 0 saturated carbocycles. The van der Waals surface area contributed by atoms with Gasteiger partial charge in [0.2, 0.25) is 0 Å². The van der Waals surface area contributed by atoms with Gasteiger partial charge in [0.15, 0.2) is 9.84 Å². The van der Waals surface area contributed by atoms with Gasteiger partial charge < -0.3 is 5.32 Å². The fourth-order valence-electron chi connectivity index (χ4n) is 2.21. The third kappa shape index (κ3) is 2.28. The zero-order valence-electron chi connectivity index (χ0n) is 9.66. The van der Waals surface area contributed by atoms with Crippen molar-refractivity contribution in [2.24, 2.45) is 0 Å². The van der Waals surface area contributed by atoms with Crippen LogP contribution >= 0.6 is 0 Å². The highest BCUT2D eigenvalue weighted by Crippen LogP contribution is 2.27. The first-order valence-corrected chi connectivity index (χ1v) is 7.39. The Morgan fingerprint density at radius 2 is 2.12 bits per heavy atom. The van der Waals surface area contributed by atoms with Crippen LogP contribution in [0.5, 0.6) is 0 Å². The second-order valence-corrected chi connectivity index (χ2v) is 6.50. The maximum atomic E-state index is 11.5. The lowest BCUT2D eigenvalue weighted by Crippen LogP contribution is -2.09. The Kier molecular flexibility index (Phi) is 3.04. The number of hydrogen-bond acceptors (Lipinski definition) is 3. The normalized spacial score (nSPS) is 21.2. The summed E-state index contributed by atoms with van der Waals surface area (Å²) in [6, 6.07) is 5.43. The molecule has 1 heterocycles. The van der Waals surface area contributed by atoms with E-state index in [1.54, 1.807) is 6.07 Å². The van der Waals surface area contributed by atoms with Gasteiger partial charge in [-0.2, -0.15) is 0 Å². The lowest BCUT2D eigenvalue weighted by Gasteiger charge is -2.13. The first-order valence-electron chi connectivity index (χ1n) is 5.50. The predicted octanol–water partition coefficient (Wildman–Crippen LogP) is 1.48. The quantitative estimate of drug-likeness (QED) is 0.850. The van der Waals surface area contributed by atoms with Crippen LogP contribution < -0.4 is 5.32 Å². The number of hydrogen-bond donors (Lipinski definition) is 1. The van der Waals surface area contributed by atoms with Gasteiger partial charge >= 0.3 is 0 Å². The maximum absolute atomic E-state index is 11.5. The van der Waals surface area contributed by atoms with Gasteiger partial charge in [-0.25, -0.2) is 8.42 Å². The van der Waals surface area contributed by atoms with Crippen molar-refractivity contribution in [1.82, 2.24) is 5.32 Å². The van der Waals surface area contributed by atoms with Crippen molar-refractivity contribution in [2.75, 3.05) is 19.3 Å². The Bertz CT molecular complexity index is 488. The lowest BCUT2D eigenvalue weighted by molar-refractivity contribution is 0.601. The number of aryl methyl sites for hydroxylation is 1. The molecule has 0 radical (unpaired) electrons. The molecule has 1 aromatic carbocycles. The van der Waals surface area contributed by atoms with Gasteiger partial charge in [0.25, 0.3) is 0 Å². The number of nitrogens with one attached hydrogen (secondary N) is 1. The second kappa shape index (κ2) is 4.18. The molecule has 1 aromatic rings. The minimum atomic E-state index is -3.09. The van der Waals surface area contributed by atoms with Crippen LogP contribution in [0, 0.1) is 6.92 Å². The Morgan fingerprint density at radius 3 is 2.69 bits per heavy atom. The van der Waals surface area contributed by atoms with Gasteiger partial charge in [0.1, 0.15) is 0 Å². The Labute approximate surface area is 96.8 Å². The van der Waals surface area contributed by atoms with Gasteiger partial charge in [0, 0.05) is 12.8 Å². The third-order valence-electron chi connectivity index (χ3n) is 3.18. The van der Waals surface area contributed by atoms with E-state index in [1.165, 1.54) is 17.4 Å². The zero-order chi connectivity index (χ0) is 11.8.